The van der Waals surface area contributed by atoms with Gasteiger partial charge in [-0.2, -0.15) is 0 Å². The summed E-state index contributed by atoms with van der Waals surface area (Å²) in [6.45, 7) is 0. The lowest BCUT2D eigenvalue weighted by Crippen LogP contribution is -2.09. The van der Waals surface area contributed by atoms with Crippen molar-refractivity contribution in [2.45, 2.75) is 12.8 Å². The van der Waals surface area contributed by atoms with Gasteiger partial charge in [-0.25, -0.2) is 4.39 Å². The average Bonchev–Trinajstić information content (AvgIpc) is 2.84. The van der Waals surface area contributed by atoms with Crippen molar-refractivity contribution in [3.05, 3.63) is 58.0 Å². The fourth-order valence-corrected chi connectivity index (χ4v) is 2.89. The molecule has 0 amide bonds. The van der Waals surface area contributed by atoms with Gasteiger partial charge in [0.05, 0.1) is 0 Å². The van der Waals surface area contributed by atoms with E-state index in [2.05, 4.69) is 17.5 Å². The van der Waals surface area contributed by atoms with Gasteiger partial charge in [-0.05, 0) is 47.9 Å². The van der Waals surface area contributed by atoms with Gasteiger partial charge in [0.15, 0.2) is 0 Å². The minimum absolute atomic E-state index is 0.186. The molecular weight excluding hydrogens is 255 g/mol. The number of alkyl halides is 1. The topological polar surface area (TPSA) is 0 Å². The molecule has 17 heavy (non-hydrogen) atoms. The summed E-state index contributed by atoms with van der Waals surface area (Å²) in [4.78, 5) is 1.36. The minimum Gasteiger partial charge on any atom is -0.207 e. The smallest absolute Gasteiger partial charge is 0.123 e. The summed E-state index contributed by atoms with van der Waals surface area (Å²) >= 11 is 7.76. The van der Waals surface area contributed by atoms with E-state index < -0.39 is 0 Å². The van der Waals surface area contributed by atoms with E-state index in [-0.39, 0.29) is 5.82 Å². The zero-order valence-corrected chi connectivity index (χ0v) is 11.0. The molecule has 0 nitrogen and oxygen atoms in total. The Morgan fingerprint density at radius 3 is 2.47 bits per heavy atom. The van der Waals surface area contributed by atoms with Gasteiger partial charge < -0.3 is 0 Å². The van der Waals surface area contributed by atoms with Crippen molar-refractivity contribution in [1.29, 1.82) is 0 Å². The monoisotopic (exact) mass is 268 g/mol. The first-order valence-corrected chi connectivity index (χ1v) is 7.02. The Bertz CT molecular complexity index is 436. The maximum Gasteiger partial charge on any atom is 0.123 e. The summed E-state index contributed by atoms with van der Waals surface area (Å²) in [7, 11) is 0. The van der Waals surface area contributed by atoms with Crippen LogP contribution in [0, 0.1) is 11.7 Å². The van der Waals surface area contributed by atoms with Gasteiger partial charge in [-0.1, -0.05) is 18.2 Å². The molecule has 0 fully saturated rings. The van der Waals surface area contributed by atoms with Gasteiger partial charge in [0, 0.05) is 10.8 Å². The highest BCUT2D eigenvalue weighted by Crippen LogP contribution is 2.19. The van der Waals surface area contributed by atoms with Crippen molar-refractivity contribution in [2.75, 3.05) is 5.88 Å². The van der Waals surface area contributed by atoms with Crippen molar-refractivity contribution in [2.24, 2.45) is 5.92 Å². The Labute approximate surface area is 110 Å². The van der Waals surface area contributed by atoms with Gasteiger partial charge >= 0.3 is 0 Å². The molecule has 0 radical (unpaired) electrons. The number of hydrogen-bond acceptors (Lipinski definition) is 1. The van der Waals surface area contributed by atoms with E-state index in [1.165, 1.54) is 17.0 Å². The third-order valence-corrected chi connectivity index (χ3v) is 4.06. The first-order chi connectivity index (χ1) is 8.28. The zero-order valence-electron chi connectivity index (χ0n) is 9.40. The van der Waals surface area contributed by atoms with Crippen molar-refractivity contribution in [3.8, 4) is 0 Å². The van der Waals surface area contributed by atoms with E-state index in [1.807, 2.05) is 12.1 Å². The molecule has 0 saturated heterocycles. The van der Waals surface area contributed by atoms with E-state index in [9.17, 15) is 4.39 Å². The van der Waals surface area contributed by atoms with E-state index in [0.717, 1.165) is 18.4 Å². The molecule has 3 heteroatoms. The molecule has 1 heterocycles. The molecule has 0 aliphatic rings. The Kier molecular flexibility index (Phi) is 4.57. The fourth-order valence-electron chi connectivity index (χ4n) is 1.85. The summed E-state index contributed by atoms with van der Waals surface area (Å²) in [5.41, 5.74) is 1.15. The predicted octanol–water partition coefficient (Wildman–Crippen LogP) is 4.53. The number of hydrogen-bond donors (Lipinski definition) is 0. The third-order valence-electron chi connectivity index (χ3n) is 2.73. The van der Waals surface area contributed by atoms with Crippen LogP contribution in [0.15, 0.2) is 41.8 Å². The maximum atomic E-state index is 12.8. The van der Waals surface area contributed by atoms with Crippen LogP contribution in [0.2, 0.25) is 0 Å². The van der Waals surface area contributed by atoms with E-state index in [0.29, 0.717) is 11.8 Å². The summed E-state index contributed by atoms with van der Waals surface area (Å²) in [6.07, 6.45) is 1.90. The van der Waals surface area contributed by atoms with Gasteiger partial charge in [0.1, 0.15) is 5.82 Å². The molecule has 0 aliphatic heterocycles. The number of benzene rings is 1. The summed E-state index contributed by atoms with van der Waals surface area (Å²) < 4.78 is 12.8. The lowest BCUT2D eigenvalue weighted by molar-refractivity contribution is 0.585. The maximum absolute atomic E-state index is 12.8. The first-order valence-electron chi connectivity index (χ1n) is 5.60. The van der Waals surface area contributed by atoms with E-state index in [4.69, 9.17) is 11.6 Å². The van der Waals surface area contributed by atoms with Gasteiger partial charge in [-0.3, -0.25) is 0 Å². The lowest BCUT2D eigenvalue weighted by Gasteiger charge is -2.12. The fraction of sp³-hybridized carbons (Fsp3) is 0.286. The van der Waals surface area contributed by atoms with Crippen LogP contribution in [-0.4, -0.2) is 5.88 Å². The van der Waals surface area contributed by atoms with Crippen LogP contribution < -0.4 is 0 Å². The number of thiophene rings is 1. The highest BCUT2D eigenvalue weighted by molar-refractivity contribution is 7.09. The number of rotatable bonds is 5. The van der Waals surface area contributed by atoms with Crippen LogP contribution in [-0.2, 0) is 12.8 Å². The molecule has 1 aromatic heterocycles. The third kappa shape index (κ3) is 3.83. The quantitative estimate of drug-likeness (QED) is 0.699. The van der Waals surface area contributed by atoms with E-state index in [1.54, 1.807) is 11.3 Å². The molecular formula is C14H14ClFS. The van der Waals surface area contributed by atoms with Crippen molar-refractivity contribution in [1.82, 2.24) is 0 Å². The number of halogens is 2. The SMILES string of the molecule is Fc1ccc(CC(CCl)Cc2cccs2)cc1. The molecule has 0 aliphatic carbocycles. The summed E-state index contributed by atoms with van der Waals surface area (Å²) in [6, 6.07) is 10.9. The molecule has 0 spiro atoms. The van der Waals surface area contributed by atoms with Gasteiger partial charge in [-0.15, -0.1) is 22.9 Å². The molecule has 0 bridgehead atoms. The second-order valence-corrected chi connectivity index (χ2v) is 5.48. The van der Waals surface area contributed by atoms with Crippen LogP contribution in [0.1, 0.15) is 10.4 Å². The summed E-state index contributed by atoms with van der Waals surface area (Å²) in [5, 5.41) is 2.08. The zero-order chi connectivity index (χ0) is 12.1. The Morgan fingerprint density at radius 2 is 1.88 bits per heavy atom. The highest BCUT2D eigenvalue weighted by Gasteiger charge is 2.10. The van der Waals surface area contributed by atoms with Crippen LogP contribution in [0.5, 0.6) is 0 Å². The Morgan fingerprint density at radius 1 is 1.12 bits per heavy atom. The molecule has 2 aromatic rings. The highest BCUT2D eigenvalue weighted by atomic mass is 35.5. The van der Waals surface area contributed by atoms with E-state index >= 15 is 0 Å². The molecule has 1 atom stereocenters. The standard InChI is InChI=1S/C14H14ClFS/c15-10-12(9-14-2-1-7-17-14)8-11-3-5-13(16)6-4-11/h1-7,12H,8-10H2. The molecule has 1 unspecified atom stereocenters. The second-order valence-electron chi connectivity index (χ2n) is 4.13. The Balaban J connectivity index is 1.97. The van der Waals surface area contributed by atoms with Crippen molar-refractivity contribution >= 4 is 22.9 Å². The van der Waals surface area contributed by atoms with Crippen LogP contribution >= 0.6 is 22.9 Å². The molecule has 1 aromatic carbocycles. The first kappa shape index (κ1) is 12.6. The second kappa shape index (κ2) is 6.18. The van der Waals surface area contributed by atoms with Crippen LogP contribution in [0.25, 0.3) is 0 Å². The largest absolute Gasteiger partial charge is 0.207 e. The van der Waals surface area contributed by atoms with Gasteiger partial charge in [0.25, 0.3) is 0 Å². The summed E-state index contributed by atoms with van der Waals surface area (Å²) in [5.74, 6) is 0.866. The minimum atomic E-state index is -0.186. The average molecular weight is 269 g/mol. The van der Waals surface area contributed by atoms with Crippen LogP contribution in [0.4, 0.5) is 4.39 Å². The normalized spacial score (nSPS) is 12.6. The predicted molar refractivity (Wildman–Crippen MR) is 72.3 cm³/mol. The lowest BCUT2D eigenvalue weighted by atomic mass is 9.97. The molecule has 0 saturated carbocycles. The molecule has 90 valence electrons. The molecule has 0 N–H and O–H groups in total. The Hall–Kier alpha value is -0.860. The molecule has 2 rings (SSSR count). The van der Waals surface area contributed by atoms with Crippen molar-refractivity contribution < 1.29 is 4.39 Å². The van der Waals surface area contributed by atoms with Crippen molar-refractivity contribution in [3.63, 3.8) is 0 Å². The van der Waals surface area contributed by atoms with Crippen LogP contribution in [0.3, 0.4) is 0 Å². The van der Waals surface area contributed by atoms with Gasteiger partial charge in [0.2, 0.25) is 0 Å².